The van der Waals surface area contributed by atoms with Crippen LogP contribution in [0.5, 0.6) is 0 Å². The van der Waals surface area contributed by atoms with Crippen molar-refractivity contribution in [2.45, 2.75) is 20.3 Å². The molecule has 0 unspecified atom stereocenters. The van der Waals surface area contributed by atoms with Crippen LogP contribution in [0.3, 0.4) is 0 Å². The molecule has 0 saturated heterocycles. The first kappa shape index (κ1) is 10.8. The first-order chi connectivity index (χ1) is 6.79. The Balaban J connectivity index is 2.16. The topological polar surface area (TPSA) is 21.6 Å². The molecule has 0 atom stereocenters. The van der Waals surface area contributed by atoms with Gasteiger partial charge in [0.25, 0.3) is 0 Å². The minimum Gasteiger partial charge on any atom is -0.396 e. The van der Waals surface area contributed by atoms with Crippen molar-refractivity contribution in [2.24, 2.45) is 11.1 Å². The maximum absolute atomic E-state index is 5.12. The monoisotopic (exact) mass is 191 g/mol. The second-order valence-electron chi connectivity index (χ2n) is 3.57. The van der Waals surface area contributed by atoms with Crippen LogP contribution in [0, 0.1) is 5.92 Å². The number of oxime groups is 1. The number of hydrogen-bond donors (Lipinski definition) is 0. The maximum Gasteiger partial charge on any atom is 0.121 e. The molecule has 0 N–H and O–H groups in total. The molecule has 0 saturated carbocycles. The Morgan fingerprint density at radius 3 is 2.64 bits per heavy atom. The molecule has 1 aromatic carbocycles. The van der Waals surface area contributed by atoms with E-state index in [4.69, 9.17) is 4.84 Å². The van der Waals surface area contributed by atoms with Gasteiger partial charge in [-0.1, -0.05) is 49.3 Å². The average molecular weight is 191 g/mol. The molecule has 76 valence electrons. The van der Waals surface area contributed by atoms with Gasteiger partial charge in [-0.2, -0.15) is 0 Å². The van der Waals surface area contributed by atoms with Gasteiger partial charge in [-0.3, -0.25) is 0 Å². The van der Waals surface area contributed by atoms with Crippen molar-refractivity contribution < 1.29 is 4.84 Å². The Morgan fingerprint density at radius 1 is 1.29 bits per heavy atom. The van der Waals surface area contributed by atoms with E-state index in [1.54, 1.807) is 0 Å². The van der Waals surface area contributed by atoms with Crippen LogP contribution in [0.2, 0.25) is 0 Å². The Kier molecular flexibility index (Phi) is 4.76. The van der Waals surface area contributed by atoms with Gasteiger partial charge in [0.15, 0.2) is 0 Å². The zero-order valence-corrected chi connectivity index (χ0v) is 8.81. The zero-order chi connectivity index (χ0) is 10.2. The summed E-state index contributed by atoms with van der Waals surface area (Å²) in [5.41, 5.74) is 1.28. The van der Waals surface area contributed by atoms with Crippen molar-refractivity contribution in [3.05, 3.63) is 35.9 Å². The van der Waals surface area contributed by atoms with Gasteiger partial charge in [0.05, 0.1) is 0 Å². The summed E-state index contributed by atoms with van der Waals surface area (Å²) in [4.78, 5) is 5.12. The minimum absolute atomic E-state index is 0.451. The Hall–Kier alpha value is -1.31. The quantitative estimate of drug-likeness (QED) is 0.398. The molecule has 14 heavy (non-hydrogen) atoms. The largest absolute Gasteiger partial charge is 0.396 e. The normalized spacial score (nSPS) is 11.1. The standard InChI is InChI=1S/C12H17NO/c1-11(2)10-13-14-9-8-12-6-4-3-5-7-12/h3-7,10-11H,8-9H2,1-2H3/b13-10+. The predicted octanol–water partition coefficient (Wildman–Crippen LogP) is 2.89. The summed E-state index contributed by atoms with van der Waals surface area (Å²) in [5, 5.41) is 3.86. The summed E-state index contributed by atoms with van der Waals surface area (Å²) >= 11 is 0. The van der Waals surface area contributed by atoms with Crippen LogP contribution in [0.1, 0.15) is 19.4 Å². The fourth-order valence-corrected chi connectivity index (χ4v) is 1.03. The highest BCUT2D eigenvalue weighted by molar-refractivity contribution is 5.58. The maximum atomic E-state index is 5.12. The minimum atomic E-state index is 0.451. The van der Waals surface area contributed by atoms with E-state index < -0.39 is 0 Å². The Labute approximate surface area is 85.6 Å². The van der Waals surface area contributed by atoms with E-state index in [9.17, 15) is 0 Å². The van der Waals surface area contributed by atoms with Crippen molar-refractivity contribution in [1.29, 1.82) is 0 Å². The lowest BCUT2D eigenvalue weighted by atomic mass is 10.2. The first-order valence-electron chi connectivity index (χ1n) is 4.98. The van der Waals surface area contributed by atoms with E-state index in [0.717, 1.165) is 6.42 Å². The van der Waals surface area contributed by atoms with E-state index in [1.807, 2.05) is 24.4 Å². The van der Waals surface area contributed by atoms with Crippen molar-refractivity contribution >= 4 is 6.21 Å². The summed E-state index contributed by atoms with van der Waals surface area (Å²) in [7, 11) is 0. The second kappa shape index (κ2) is 6.19. The molecular weight excluding hydrogens is 174 g/mol. The van der Waals surface area contributed by atoms with E-state index in [2.05, 4.69) is 31.1 Å². The summed E-state index contributed by atoms with van der Waals surface area (Å²) in [6.45, 7) is 4.79. The third kappa shape index (κ3) is 4.65. The lowest BCUT2D eigenvalue weighted by Crippen LogP contribution is -1.95. The SMILES string of the molecule is CC(C)/C=N/OCCc1ccccc1. The molecule has 2 heteroatoms. The molecular formula is C12H17NO. The molecule has 0 aliphatic heterocycles. The molecule has 0 aromatic heterocycles. The van der Waals surface area contributed by atoms with Crippen molar-refractivity contribution in [2.75, 3.05) is 6.61 Å². The third-order valence-electron chi connectivity index (χ3n) is 1.76. The molecule has 0 radical (unpaired) electrons. The lowest BCUT2D eigenvalue weighted by molar-refractivity contribution is 0.148. The van der Waals surface area contributed by atoms with Crippen LogP contribution in [0.15, 0.2) is 35.5 Å². The highest BCUT2D eigenvalue weighted by Crippen LogP contribution is 1.99. The number of hydrogen-bond acceptors (Lipinski definition) is 2. The zero-order valence-electron chi connectivity index (χ0n) is 8.81. The molecule has 0 aliphatic rings. The van der Waals surface area contributed by atoms with Gasteiger partial charge in [0.2, 0.25) is 0 Å². The second-order valence-corrected chi connectivity index (χ2v) is 3.57. The fraction of sp³-hybridized carbons (Fsp3) is 0.417. The van der Waals surface area contributed by atoms with Gasteiger partial charge in [0.1, 0.15) is 6.61 Å². The first-order valence-corrected chi connectivity index (χ1v) is 4.98. The van der Waals surface area contributed by atoms with E-state index in [0.29, 0.717) is 12.5 Å². The van der Waals surface area contributed by atoms with Gasteiger partial charge in [-0.25, -0.2) is 0 Å². The summed E-state index contributed by atoms with van der Waals surface area (Å²) in [6, 6.07) is 10.3. The van der Waals surface area contributed by atoms with Crippen molar-refractivity contribution in [1.82, 2.24) is 0 Å². The molecule has 0 aliphatic carbocycles. The third-order valence-corrected chi connectivity index (χ3v) is 1.76. The van der Waals surface area contributed by atoms with E-state index in [-0.39, 0.29) is 0 Å². The Morgan fingerprint density at radius 2 is 2.00 bits per heavy atom. The Bertz CT molecular complexity index is 267. The van der Waals surface area contributed by atoms with Gasteiger partial charge < -0.3 is 4.84 Å². The summed E-state index contributed by atoms with van der Waals surface area (Å²) in [5.74, 6) is 0.451. The van der Waals surface area contributed by atoms with Gasteiger partial charge in [0, 0.05) is 12.6 Å². The van der Waals surface area contributed by atoms with Crippen LogP contribution in [-0.2, 0) is 11.3 Å². The molecule has 0 heterocycles. The molecule has 1 aromatic rings. The van der Waals surface area contributed by atoms with Crippen LogP contribution in [0.4, 0.5) is 0 Å². The molecule has 0 fully saturated rings. The molecule has 1 rings (SSSR count). The number of rotatable bonds is 5. The average Bonchev–Trinajstić information content (AvgIpc) is 2.18. The van der Waals surface area contributed by atoms with Crippen molar-refractivity contribution in [3.63, 3.8) is 0 Å². The van der Waals surface area contributed by atoms with Crippen LogP contribution in [-0.4, -0.2) is 12.8 Å². The van der Waals surface area contributed by atoms with Crippen LogP contribution >= 0.6 is 0 Å². The van der Waals surface area contributed by atoms with Gasteiger partial charge in [-0.05, 0) is 11.5 Å². The van der Waals surface area contributed by atoms with Crippen LogP contribution in [0.25, 0.3) is 0 Å². The highest BCUT2D eigenvalue weighted by atomic mass is 16.6. The van der Waals surface area contributed by atoms with Crippen molar-refractivity contribution in [3.8, 4) is 0 Å². The highest BCUT2D eigenvalue weighted by Gasteiger charge is 1.90. The van der Waals surface area contributed by atoms with Gasteiger partial charge >= 0.3 is 0 Å². The van der Waals surface area contributed by atoms with Crippen LogP contribution < -0.4 is 0 Å². The van der Waals surface area contributed by atoms with Gasteiger partial charge in [-0.15, -0.1) is 0 Å². The molecule has 0 spiro atoms. The van der Waals surface area contributed by atoms with E-state index in [1.165, 1.54) is 5.56 Å². The smallest absolute Gasteiger partial charge is 0.121 e. The van der Waals surface area contributed by atoms with E-state index >= 15 is 0 Å². The molecule has 2 nitrogen and oxygen atoms in total. The number of benzene rings is 1. The number of nitrogens with zero attached hydrogens (tertiary/aromatic N) is 1. The molecule has 0 bridgehead atoms. The summed E-state index contributed by atoms with van der Waals surface area (Å²) < 4.78 is 0. The fourth-order valence-electron chi connectivity index (χ4n) is 1.03. The molecule has 0 amide bonds. The lowest BCUT2D eigenvalue weighted by Gasteiger charge is -2.00. The summed E-state index contributed by atoms with van der Waals surface area (Å²) in [6.07, 6.45) is 2.72. The predicted molar refractivity (Wildman–Crippen MR) is 59.4 cm³/mol.